The molecule has 0 aromatic heterocycles. The maximum atomic E-state index is 13.5. The minimum atomic E-state index is -3.52. The van der Waals surface area contributed by atoms with E-state index in [2.05, 4.69) is 35.6 Å². The van der Waals surface area contributed by atoms with E-state index < -0.39 is 27.0 Å². The lowest BCUT2D eigenvalue weighted by atomic mass is 10.00. The molecule has 184 valence electrons. The molecular formula is C26H34N2O4S2. The van der Waals surface area contributed by atoms with E-state index in [0.717, 1.165) is 24.8 Å². The van der Waals surface area contributed by atoms with Crippen LogP contribution in [-0.2, 0) is 21.2 Å². The Labute approximate surface area is 207 Å². The van der Waals surface area contributed by atoms with Gasteiger partial charge in [-0.05, 0) is 81.7 Å². The van der Waals surface area contributed by atoms with Gasteiger partial charge in [-0.3, -0.25) is 0 Å². The quantitative estimate of drug-likeness (QED) is 0.508. The molecule has 2 unspecified atom stereocenters. The van der Waals surface area contributed by atoms with E-state index in [-0.39, 0.29) is 5.92 Å². The Morgan fingerprint density at radius 1 is 1.18 bits per heavy atom. The number of fused-ring (bicyclic) bond motifs is 2. The van der Waals surface area contributed by atoms with Crippen molar-refractivity contribution in [1.29, 1.82) is 0 Å². The molecule has 2 heterocycles. The number of hydrogen-bond donors (Lipinski definition) is 1. The van der Waals surface area contributed by atoms with E-state index in [1.54, 1.807) is 23.0 Å². The Hall–Kier alpha value is -2.03. The van der Waals surface area contributed by atoms with Gasteiger partial charge in [0.2, 0.25) is 10.0 Å². The number of nitrogens with one attached hydrogen (secondary N) is 1. The van der Waals surface area contributed by atoms with Crippen LogP contribution in [0.25, 0.3) is 0 Å². The van der Waals surface area contributed by atoms with Crippen LogP contribution in [0.15, 0.2) is 52.3 Å². The Kier molecular flexibility index (Phi) is 7.31. The molecule has 8 heteroatoms. The summed E-state index contributed by atoms with van der Waals surface area (Å²) in [5, 5.41) is 2.17. The Morgan fingerprint density at radius 2 is 1.91 bits per heavy atom. The van der Waals surface area contributed by atoms with Gasteiger partial charge in [-0.15, -0.1) is 0 Å². The molecule has 2 aliphatic rings. The SMILES string of the molecule is CC(c1ccc2c(c1)Cc1ccccc1S2)S(=O)(=O)N1CCCC(CNC(=O)OC(C)(C)C)C1. The van der Waals surface area contributed by atoms with Crippen LogP contribution in [0.2, 0.25) is 0 Å². The fourth-order valence-electron chi connectivity index (χ4n) is 4.53. The molecule has 1 N–H and O–H groups in total. The van der Waals surface area contributed by atoms with Crippen molar-refractivity contribution in [2.24, 2.45) is 5.92 Å². The number of nitrogens with zero attached hydrogens (tertiary/aromatic N) is 1. The molecule has 1 amide bonds. The van der Waals surface area contributed by atoms with Gasteiger partial charge in [0.1, 0.15) is 5.60 Å². The van der Waals surface area contributed by atoms with Gasteiger partial charge < -0.3 is 10.1 Å². The van der Waals surface area contributed by atoms with Gasteiger partial charge >= 0.3 is 6.09 Å². The predicted octanol–water partition coefficient (Wildman–Crippen LogP) is 5.37. The molecule has 2 atom stereocenters. The lowest BCUT2D eigenvalue weighted by Gasteiger charge is -2.34. The zero-order chi connectivity index (χ0) is 24.5. The molecule has 34 heavy (non-hydrogen) atoms. The number of sulfonamides is 1. The first-order valence-electron chi connectivity index (χ1n) is 11.9. The largest absolute Gasteiger partial charge is 0.444 e. The van der Waals surface area contributed by atoms with Crippen molar-refractivity contribution in [3.8, 4) is 0 Å². The van der Waals surface area contributed by atoms with Crippen LogP contribution in [0.5, 0.6) is 0 Å². The normalized spacial score (nSPS) is 19.6. The van der Waals surface area contributed by atoms with Crippen LogP contribution in [0.4, 0.5) is 4.79 Å². The third-order valence-corrected chi connectivity index (χ3v) is 9.80. The summed E-state index contributed by atoms with van der Waals surface area (Å²) in [5.74, 6) is 0.0691. The molecule has 0 saturated carbocycles. The molecule has 0 aliphatic carbocycles. The van der Waals surface area contributed by atoms with E-state index in [1.807, 2.05) is 32.9 Å². The van der Waals surface area contributed by atoms with E-state index >= 15 is 0 Å². The molecule has 1 saturated heterocycles. The summed E-state index contributed by atoms with van der Waals surface area (Å²) in [5.41, 5.74) is 2.73. The molecule has 0 spiro atoms. The van der Waals surface area contributed by atoms with Crippen LogP contribution in [0, 0.1) is 5.92 Å². The van der Waals surface area contributed by atoms with Gasteiger partial charge in [0.15, 0.2) is 0 Å². The van der Waals surface area contributed by atoms with Crippen molar-refractivity contribution >= 4 is 27.9 Å². The van der Waals surface area contributed by atoms with Crippen molar-refractivity contribution in [2.75, 3.05) is 19.6 Å². The number of alkyl carbamates (subject to hydrolysis) is 1. The van der Waals surface area contributed by atoms with Crippen molar-refractivity contribution in [1.82, 2.24) is 9.62 Å². The summed E-state index contributed by atoms with van der Waals surface area (Å²) < 4.78 is 34.0. The highest BCUT2D eigenvalue weighted by molar-refractivity contribution is 7.99. The number of hydrogen-bond acceptors (Lipinski definition) is 5. The monoisotopic (exact) mass is 502 g/mol. The molecular weight excluding hydrogens is 468 g/mol. The lowest BCUT2D eigenvalue weighted by molar-refractivity contribution is 0.0513. The van der Waals surface area contributed by atoms with E-state index in [4.69, 9.17) is 4.74 Å². The second kappa shape index (κ2) is 9.91. The molecule has 2 aromatic rings. The summed E-state index contributed by atoms with van der Waals surface area (Å²) in [4.78, 5) is 14.5. The minimum absolute atomic E-state index is 0.0691. The second-order valence-corrected chi connectivity index (χ2v) is 13.5. The van der Waals surface area contributed by atoms with Crippen LogP contribution < -0.4 is 5.32 Å². The summed E-state index contributed by atoms with van der Waals surface area (Å²) in [6.45, 7) is 8.58. The predicted molar refractivity (Wildman–Crippen MR) is 136 cm³/mol. The summed E-state index contributed by atoms with van der Waals surface area (Å²) in [7, 11) is -3.52. The highest BCUT2D eigenvalue weighted by Crippen LogP contribution is 2.41. The molecule has 2 aliphatic heterocycles. The zero-order valence-electron chi connectivity index (χ0n) is 20.3. The second-order valence-electron chi connectivity index (χ2n) is 10.2. The van der Waals surface area contributed by atoms with E-state index in [9.17, 15) is 13.2 Å². The Morgan fingerprint density at radius 3 is 2.68 bits per heavy atom. The zero-order valence-corrected chi connectivity index (χ0v) is 22.0. The minimum Gasteiger partial charge on any atom is -0.444 e. The standard InChI is InChI=1S/C26H34N2O4S2/c1-18(20-11-12-24-22(14-20)15-21-9-5-6-10-23(21)33-24)34(30,31)28-13-7-8-19(17-28)16-27-25(29)32-26(2,3)4/h5-6,9-12,14,18-19H,7-8,13,15-17H2,1-4H3,(H,27,29). The molecule has 0 radical (unpaired) electrons. The number of rotatable bonds is 5. The fraction of sp³-hybridized carbons (Fsp3) is 0.500. The molecule has 0 bridgehead atoms. The third-order valence-electron chi connectivity index (χ3n) is 6.35. The maximum Gasteiger partial charge on any atom is 0.407 e. The summed E-state index contributed by atoms with van der Waals surface area (Å²) >= 11 is 1.75. The van der Waals surface area contributed by atoms with Gasteiger partial charge in [-0.25, -0.2) is 17.5 Å². The van der Waals surface area contributed by atoms with Crippen molar-refractivity contribution < 1.29 is 17.9 Å². The van der Waals surface area contributed by atoms with Gasteiger partial charge in [0, 0.05) is 29.4 Å². The van der Waals surface area contributed by atoms with Gasteiger partial charge in [0.25, 0.3) is 0 Å². The highest BCUT2D eigenvalue weighted by atomic mass is 32.2. The number of carbonyl (C=O) groups is 1. The van der Waals surface area contributed by atoms with E-state index in [0.29, 0.717) is 19.6 Å². The highest BCUT2D eigenvalue weighted by Gasteiger charge is 2.34. The lowest BCUT2D eigenvalue weighted by Crippen LogP contribution is -2.45. The first kappa shape index (κ1) is 25.1. The van der Waals surface area contributed by atoms with E-state index in [1.165, 1.54) is 20.9 Å². The summed E-state index contributed by atoms with van der Waals surface area (Å²) in [6.07, 6.45) is 2.02. The van der Waals surface area contributed by atoms with Crippen molar-refractivity contribution in [3.63, 3.8) is 0 Å². The Balaban J connectivity index is 1.42. The Bertz CT molecular complexity index is 1160. The molecule has 2 aromatic carbocycles. The van der Waals surface area contributed by atoms with Crippen LogP contribution in [0.3, 0.4) is 0 Å². The number of piperidine rings is 1. The average molecular weight is 503 g/mol. The molecule has 4 rings (SSSR count). The number of amides is 1. The number of ether oxygens (including phenoxy) is 1. The van der Waals surface area contributed by atoms with Crippen LogP contribution in [0.1, 0.15) is 62.5 Å². The van der Waals surface area contributed by atoms with Gasteiger partial charge in [0.05, 0.1) is 5.25 Å². The first-order chi connectivity index (χ1) is 16.0. The average Bonchev–Trinajstić information content (AvgIpc) is 2.79. The van der Waals surface area contributed by atoms with Crippen molar-refractivity contribution in [3.05, 3.63) is 59.2 Å². The maximum absolute atomic E-state index is 13.5. The first-order valence-corrected chi connectivity index (χ1v) is 14.2. The van der Waals surface area contributed by atoms with Crippen LogP contribution in [-0.4, -0.2) is 44.1 Å². The summed E-state index contributed by atoms with van der Waals surface area (Å²) in [6, 6.07) is 14.4. The van der Waals surface area contributed by atoms with Gasteiger partial charge in [-0.2, -0.15) is 0 Å². The van der Waals surface area contributed by atoms with Crippen molar-refractivity contribution in [2.45, 2.75) is 67.6 Å². The molecule has 6 nitrogen and oxygen atoms in total. The fourth-order valence-corrected chi connectivity index (χ4v) is 7.32. The number of benzene rings is 2. The topological polar surface area (TPSA) is 75.7 Å². The smallest absolute Gasteiger partial charge is 0.407 e. The third kappa shape index (κ3) is 5.78. The number of carbonyl (C=O) groups excluding carboxylic acids is 1. The van der Waals surface area contributed by atoms with Crippen LogP contribution >= 0.6 is 11.8 Å². The van der Waals surface area contributed by atoms with Gasteiger partial charge in [-0.1, -0.05) is 42.1 Å². The molecule has 1 fully saturated rings.